The zero-order chi connectivity index (χ0) is 11.3. The third-order valence-electron chi connectivity index (χ3n) is 2.84. The number of hydrogen-bond acceptors (Lipinski definition) is 3. The van der Waals surface area contributed by atoms with Crippen LogP contribution >= 0.6 is 0 Å². The number of nitrogens with one attached hydrogen (secondary N) is 1. The second kappa shape index (κ2) is 5.83. The highest BCUT2D eigenvalue weighted by molar-refractivity contribution is 4.78. The van der Waals surface area contributed by atoms with Crippen molar-refractivity contribution in [1.82, 2.24) is 5.32 Å². The van der Waals surface area contributed by atoms with Crippen LogP contribution in [0.3, 0.4) is 0 Å². The molecule has 0 aromatic rings. The molecule has 0 bridgehead atoms. The summed E-state index contributed by atoms with van der Waals surface area (Å²) in [6.07, 6.45) is 3.23. The second-order valence-electron chi connectivity index (χ2n) is 5.42. The summed E-state index contributed by atoms with van der Waals surface area (Å²) >= 11 is 0. The Morgan fingerprint density at radius 1 is 1.33 bits per heavy atom. The summed E-state index contributed by atoms with van der Waals surface area (Å²) in [5, 5.41) is 12.9. The quantitative estimate of drug-likeness (QED) is 0.684. The van der Waals surface area contributed by atoms with Crippen LogP contribution in [0.15, 0.2) is 0 Å². The molecule has 3 nitrogen and oxygen atoms in total. The van der Waals surface area contributed by atoms with Crippen LogP contribution in [0.5, 0.6) is 0 Å². The molecule has 90 valence electrons. The summed E-state index contributed by atoms with van der Waals surface area (Å²) < 4.78 is 5.60. The van der Waals surface area contributed by atoms with Gasteiger partial charge in [0.2, 0.25) is 0 Å². The van der Waals surface area contributed by atoms with Gasteiger partial charge in [-0.15, -0.1) is 0 Å². The molecule has 1 saturated carbocycles. The van der Waals surface area contributed by atoms with Crippen molar-refractivity contribution >= 4 is 0 Å². The largest absolute Gasteiger partial charge is 0.393 e. The van der Waals surface area contributed by atoms with Gasteiger partial charge in [0.1, 0.15) is 0 Å². The molecule has 1 fully saturated rings. The van der Waals surface area contributed by atoms with Crippen LogP contribution < -0.4 is 5.32 Å². The maximum absolute atomic E-state index is 9.60. The zero-order valence-electron chi connectivity index (χ0n) is 10.3. The van der Waals surface area contributed by atoms with Crippen molar-refractivity contribution in [2.45, 2.75) is 51.7 Å². The molecule has 15 heavy (non-hydrogen) atoms. The maximum Gasteiger partial charge on any atom is 0.0599 e. The van der Waals surface area contributed by atoms with Crippen molar-refractivity contribution in [3.8, 4) is 0 Å². The van der Waals surface area contributed by atoms with Crippen LogP contribution in [-0.2, 0) is 4.74 Å². The summed E-state index contributed by atoms with van der Waals surface area (Å²) in [5.74, 6) is 0.458. The van der Waals surface area contributed by atoms with Crippen LogP contribution in [0.1, 0.15) is 40.0 Å². The minimum Gasteiger partial charge on any atom is -0.393 e. The van der Waals surface area contributed by atoms with Crippen LogP contribution in [0.4, 0.5) is 0 Å². The van der Waals surface area contributed by atoms with Gasteiger partial charge in [-0.3, -0.25) is 0 Å². The monoisotopic (exact) mass is 215 g/mol. The van der Waals surface area contributed by atoms with Crippen molar-refractivity contribution in [3.05, 3.63) is 0 Å². The van der Waals surface area contributed by atoms with Gasteiger partial charge in [0.15, 0.2) is 0 Å². The van der Waals surface area contributed by atoms with Crippen molar-refractivity contribution < 1.29 is 9.84 Å². The molecule has 2 N–H and O–H groups in total. The Bertz CT molecular complexity index is 177. The van der Waals surface area contributed by atoms with Gasteiger partial charge in [0, 0.05) is 13.1 Å². The van der Waals surface area contributed by atoms with Gasteiger partial charge >= 0.3 is 0 Å². The Labute approximate surface area is 93.2 Å². The summed E-state index contributed by atoms with van der Waals surface area (Å²) in [4.78, 5) is 0. The number of aliphatic hydroxyl groups excluding tert-OH is 1. The van der Waals surface area contributed by atoms with Crippen LogP contribution in [0.2, 0.25) is 0 Å². The van der Waals surface area contributed by atoms with E-state index in [2.05, 4.69) is 26.1 Å². The topological polar surface area (TPSA) is 41.5 Å². The molecule has 0 spiro atoms. The van der Waals surface area contributed by atoms with Crippen molar-refractivity contribution in [1.29, 1.82) is 0 Å². The molecule has 1 aliphatic carbocycles. The summed E-state index contributed by atoms with van der Waals surface area (Å²) in [7, 11) is 0. The molecule has 3 heteroatoms. The van der Waals surface area contributed by atoms with E-state index in [0.717, 1.165) is 32.5 Å². The molecular formula is C12H25NO2. The van der Waals surface area contributed by atoms with Crippen molar-refractivity contribution in [3.63, 3.8) is 0 Å². The Morgan fingerprint density at radius 3 is 2.60 bits per heavy atom. The number of rotatable bonds is 5. The van der Waals surface area contributed by atoms with Gasteiger partial charge in [-0.05, 0) is 39.5 Å². The highest BCUT2D eigenvalue weighted by Gasteiger charge is 2.24. The minimum atomic E-state index is -0.0824. The lowest BCUT2D eigenvalue weighted by molar-refractivity contribution is -0.00146. The highest BCUT2D eigenvalue weighted by Crippen LogP contribution is 2.24. The molecule has 0 amide bonds. The van der Waals surface area contributed by atoms with Crippen molar-refractivity contribution in [2.75, 3.05) is 19.7 Å². The first-order chi connectivity index (χ1) is 6.99. The fourth-order valence-electron chi connectivity index (χ4n) is 1.97. The van der Waals surface area contributed by atoms with E-state index in [1.165, 1.54) is 6.42 Å². The zero-order valence-corrected chi connectivity index (χ0v) is 10.3. The first kappa shape index (κ1) is 12.9. The Morgan fingerprint density at radius 2 is 2.07 bits per heavy atom. The van der Waals surface area contributed by atoms with E-state index < -0.39 is 0 Å². The third kappa shape index (κ3) is 5.50. The molecule has 0 radical (unpaired) electrons. The standard InChI is InChI=1S/C12H25NO2/c1-12(2,3)15-8-7-13-9-10-5-4-6-11(10)14/h10-11,13-14H,4-9H2,1-3H3. The molecule has 1 aliphatic rings. The van der Waals surface area contributed by atoms with Gasteiger partial charge in [-0.1, -0.05) is 6.42 Å². The lowest BCUT2D eigenvalue weighted by Gasteiger charge is -2.20. The van der Waals surface area contributed by atoms with Crippen molar-refractivity contribution in [2.24, 2.45) is 5.92 Å². The lowest BCUT2D eigenvalue weighted by Crippen LogP contribution is -2.32. The average Bonchev–Trinajstić information content (AvgIpc) is 2.49. The summed E-state index contributed by atoms with van der Waals surface area (Å²) in [6.45, 7) is 8.73. The smallest absolute Gasteiger partial charge is 0.0599 e. The van der Waals surface area contributed by atoms with E-state index in [4.69, 9.17) is 4.74 Å². The van der Waals surface area contributed by atoms with E-state index >= 15 is 0 Å². The predicted molar refractivity (Wildman–Crippen MR) is 61.9 cm³/mol. The van der Waals surface area contributed by atoms with E-state index in [1.807, 2.05) is 0 Å². The molecule has 0 heterocycles. The summed E-state index contributed by atoms with van der Waals surface area (Å²) in [5.41, 5.74) is -0.0471. The molecule has 2 unspecified atom stereocenters. The molecule has 0 aliphatic heterocycles. The van der Waals surface area contributed by atoms with E-state index in [9.17, 15) is 5.11 Å². The van der Waals surface area contributed by atoms with Gasteiger partial charge in [0.25, 0.3) is 0 Å². The molecule has 2 atom stereocenters. The van der Waals surface area contributed by atoms with E-state index in [-0.39, 0.29) is 11.7 Å². The number of ether oxygens (including phenoxy) is 1. The van der Waals surface area contributed by atoms with E-state index in [1.54, 1.807) is 0 Å². The van der Waals surface area contributed by atoms with Crippen LogP contribution in [0.25, 0.3) is 0 Å². The normalized spacial score (nSPS) is 27.2. The maximum atomic E-state index is 9.60. The summed E-state index contributed by atoms with van der Waals surface area (Å²) in [6, 6.07) is 0. The lowest BCUT2D eigenvalue weighted by atomic mass is 10.1. The predicted octanol–water partition coefficient (Wildman–Crippen LogP) is 1.55. The first-order valence-electron chi connectivity index (χ1n) is 6.02. The minimum absolute atomic E-state index is 0.0471. The van der Waals surface area contributed by atoms with Gasteiger partial charge in [-0.2, -0.15) is 0 Å². The first-order valence-corrected chi connectivity index (χ1v) is 6.02. The molecule has 0 aromatic carbocycles. The molecule has 0 saturated heterocycles. The second-order valence-corrected chi connectivity index (χ2v) is 5.42. The molecule has 0 aromatic heterocycles. The Kier molecular flexibility index (Phi) is 5.03. The third-order valence-corrected chi connectivity index (χ3v) is 2.84. The molecular weight excluding hydrogens is 190 g/mol. The fraction of sp³-hybridized carbons (Fsp3) is 1.00. The average molecular weight is 215 g/mol. The number of aliphatic hydroxyl groups is 1. The fourth-order valence-corrected chi connectivity index (χ4v) is 1.97. The SMILES string of the molecule is CC(C)(C)OCCNCC1CCCC1O. The molecule has 1 rings (SSSR count). The van der Waals surface area contributed by atoms with E-state index in [0.29, 0.717) is 5.92 Å². The highest BCUT2D eigenvalue weighted by atomic mass is 16.5. The van der Waals surface area contributed by atoms with Crippen LogP contribution in [-0.4, -0.2) is 36.5 Å². The van der Waals surface area contributed by atoms with Gasteiger partial charge in [0.05, 0.1) is 18.3 Å². The van der Waals surface area contributed by atoms with Gasteiger partial charge < -0.3 is 15.2 Å². The Hall–Kier alpha value is -0.120. The van der Waals surface area contributed by atoms with Gasteiger partial charge in [-0.25, -0.2) is 0 Å². The number of hydrogen-bond donors (Lipinski definition) is 2. The van der Waals surface area contributed by atoms with Crippen LogP contribution in [0, 0.1) is 5.92 Å². The Balaban J connectivity index is 1.97.